The van der Waals surface area contributed by atoms with E-state index in [0.717, 1.165) is 40.5 Å². The van der Waals surface area contributed by atoms with E-state index in [1.165, 1.54) is 0 Å². The molecule has 0 aliphatic carbocycles. The second-order valence-corrected chi connectivity index (χ2v) is 7.81. The molecule has 8 nitrogen and oxygen atoms in total. The number of aryl methyl sites for hydroxylation is 1. The van der Waals surface area contributed by atoms with Gasteiger partial charge in [0, 0.05) is 36.0 Å². The number of pyridine rings is 2. The van der Waals surface area contributed by atoms with Crippen LogP contribution in [0, 0.1) is 0 Å². The van der Waals surface area contributed by atoms with Gasteiger partial charge in [0.25, 0.3) is 5.91 Å². The predicted molar refractivity (Wildman–Crippen MR) is 106 cm³/mol. The van der Waals surface area contributed by atoms with Crippen LogP contribution < -0.4 is 0 Å². The van der Waals surface area contributed by atoms with Crippen LogP contribution in [0.3, 0.4) is 0 Å². The van der Waals surface area contributed by atoms with Gasteiger partial charge >= 0.3 is 0 Å². The van der Waals surface area contributed by atoms with E-state index in [9.17, 15) is 4.79 Å². The molecule has 4 aromatic rings. The Kier molecular flexibility index (Phi) is 3.52. The van der Waals surface area contributed by atoms with E-state index in [4.69, 9.17) is 4.74 Å². The van der Waals surface area contributed by atoms with Crippen molar-refractivity contribution in [2.24, 2.45) is 7.05 Å². The largest absolute Gasteiger partial charge is 0.377 e. The van der Waals surface area contributed by atoms with Crippen LogP contribution in [-0.2, 0) is 11.8 Å². The molecule has 6 heterocycles. The Morgan fingerprint density at radius 2 is 1.93 bits per heavy atom. The number of carbonyl (C=O) groups excluding carboxylic acids is 1. The van der Waals surface area contributed by atoms with Crippen molar-refractivity contribution >= 4 is 22.5 Å². The van der Waals surface area contributed by atoms with E-state index in [0.29, 0.717) is 18.9 Å². The van der Waals surface area contributed by atoms with Crippen LogP contribution >= 0.6 is 0 Å². The molecule has 4 aromatic heterocycles. The Morgan fingerprint density at radius 3 is 2.76 bits per heavy atom. The molecule has 2 unspecified atom stereocenters. The fourth-order valence-electron chi connectivity index (χ4n) is 4.68. The third-order valence-corrected chi connectivity index (χ3v) is 6.19. The molecule has 8 heteroatoms. The standard InChI is InChI=1S/C21H20N6O2/c1-25-18-8-22-6-16(17(18)7-24-25)13-2-5-20-23-9-19(26(20)10-13)21(28)27-14-3-4-15(27)12-29-11-14/h2,5-10,14-15H,3-4,11-12H2,1H3. The van der Waals surface area contributed by atoms with Gasteiger partial charge in [-0.15, -0.1) is 0 Å². The molecule has 2 aliphatic heterocycles. The zero-order valence-corrected chi connectivity index (χ0v) is 16.0. The summed E-state index contributed by atoms with van der Waals surface area (Å²) in [7, 11) is 1.90. The van der Waals surface area contributed by atoms with E-state index in [-0.39, 0.29) is 18.0 Å². The van der Waals surface area contributed by atoms with Crippen molar-refractivity contribution in [3.05, 3.63) is 48.8 Å². The Hall–Kier alpha value is -3.26. The SMILES string of the molecule is Cn1ncc2c(-c3ccc4ncc(C(=O)N5C6CCC5COC6)n4c3)cncc21. The van der Waals surface area contributed by atoms with Gasteiger partial charge in [-0.25, -0.2) is 4.98 Å². The Labute approximate surface area is 166 Å². The van der Waals surface area contributed by atoms with Crippen molar-refractivity contribution in [3.8, 4) is 11.1 Å². The quantitative estimate of drug-likeness (QED) is 0.527. The first-order valence-electron chi connectivity index (χ1n) is 9.84. The van der Waals surface area contributed by atoms with E-state index in [2.05, 4.69) is 15.1 Å². The zero-order chi connectivity index (χ0) is 19.5. The fourth-order valence-corrected chi connectivity index (χ4v) is 4.68. The van der Waals surface area contributed by atoms with Gasteiger partial charge in [0.15, 0.2) is 0 Å². The number of fused-ring (bicyclic) bond motifs is 4. The number of hydrogen-bond acceptors (Lipinski definition) is 5. The first-order valence-corrected chi connectivity index (χ1v) is 9.84. The third kappa shape index (κ3) is 2.42. The smallest absolute Gasteiger partial charge is 0.273 e. The molecular weight excluding hydrogens is 368 g/mol. The minimum absolute atomic E-state index is 0.0307. The van der Waals surface area contributed by atoms with Gasteiger partial charge in [-0.1, -0.05) is 0 Å². The van der Waals surface area contributed by atoms with E-state index in [1.54, 1.807) is 6.20 Å². The predicted octanol–water partition coefficient (Wildman–Crippen LogP) is 2.29. The lowest BCUT2D eigenvalue weighted by Gasteiger charge is -2.34. The average Bonchev–Trinajstić information content (AvgIpc) is 3.41. The normalized spacial score (nSPS) is 21.3. The van der Waals surface area contributed by atoms with Gasteiger partial charge in [-0.2, -0.15) is 5.10 Å². The van der Waals surface area contributed by atoms with Crippen molar-refractivity contribution in [2.45, 2.75) is 24.9 Å². The molecule has 1 amide bonds. The first kappa shape index (κ1) is 16.7. The number of ether oxygens (including phenoxy) is 1. The lowest BCUT2D eigenvalue weighted by atomic mass is 10.1. The molecule has 0 aromatic carbocycles. The maximum atomic E-state index is 13.4. The Bertz CT molecular complexity index is 1240. The minimum Gasteiger partial charge on any atom is -0.377 e. The first-order chi connectivity index (χ1) is 14.2. The van der Waals surface area contributed by atoms with Crippen molar-refractivity contribution in [1.29, 1.82) is 0 Å². The highest BCUT2D eigenvalue weighted by Gasteiger charge is 2.41. The molecule has 146 valence electrons. The maximum absolute atomic E-state index is 13.4. The summed E-state index contributed by atoms with van der Waals surface area (Å²) >= 11 is 0. The monoisotopic (exact) mass is 388 g/mol. The summed E-state index contributed by atoms with van der Waals surface area (Å²) in [5.41, 5.74) is 4.27. The van der Waals surface area contributed by atoms with Crippen LogP contribution in [0.2, 0.25) is 0 Å². The lowest BCUT2D eigenvalue weighted by Crippen LogP contribution is -2.49. The van der Waals surface area contributed by atoms with Crippen molar-refractivity contribution in [1.82, 2.24) is 29.0 Å². The summed E-state index contributed by atoms with van der Waals surface area (Å²) in [5.74, 6) is 0.0307. The number of morpholine rings is 1. The topological polar surface area (TPSA) is 77.5 Å². The van der Waals surface area contributed by atoms with Crippen LogP contribution in [0.1, 0.15) is 23.3 Å². The number of imidazole rings is 1. The zero-order valence-electron chi connectivity index (χ0n) is 16.0. The van der Waals surface area contributed by atoms with Crippen LogP contribution in [0.25, 0.3) is 27.7 Å². The Balaban J connectivity index is 1.46. The minimum atomic E-state index is 0.0307. The van der Waals surface area contributed by atoms with Crippen LogP contribution in [0.5, 0.6) is 0 Å². The summed E-state index contributed by atoms with van der Waals surface area (Å²) in [4.78, 5) is 24.2. The second kappa shape index (κ2) is 6.12. The van der Waals surface area contributed by atoms with Crippen LogP contribution in [0.15, 0.2) is 43.1 Å². The highest BCUT2D eigenvalue weighted by atomic mass is 16.5. The number of amides is 1. The van der Waals surface area contributed by atoms with Crippen LogP contribution in [0.4, 0.5) is 0 Å². The maximum Gasteiger partial charge on any atom is 0.273 e. The molecule has 0 N–H and O–H groups in total. The molecule has 0 radical (unpaired) electrons. The molecule has 2 atom stereocenters. The van der Waals surface area contributed by atoms with Crippen molar-refractivity contribution in [3.63, 3.8) is 0 Å². The number of nitrogens with zero attached hydrogens (tertiary/aromatic N) is 6. The molecule has 6 rings (SSSR count). The lowest BCUT2D eigenvalue weighted by molar-refractivity contribution is -0.00751. The summed E-state index contributed by atoms with van der Waals surface area (Å²) in [6.07, 6.45) is 11.2. The number of carbonyl (C=O) groups is 1. The molecule has 29 heavy (non-hydrogen) atoms. The molecule has 0 spiro atoms. The third-order valence-electron chi connectivity index (χ3n) is 6.19. The van der Waals surface area contributed by atoms with Gasteiger partial charge in [-0.05, 0) is 25.0 Å². The molecule has 2 fully saturated rings. The van der Waals surface area contributed by atoms with Crippen LogP contribution in [-0.4, -0.2) is 60.3 Å². The number of hydrogen-bond donors (Lipinski definition) is 0. The van der Waals surface area contributed by atoms with Crippen molar-refractivity contribution < 1.29 is 9.53 Å². The molecule has 0 saturated carbocycles. The number of aromatic nitrogens is 5. The van der Waals surface area contributed by atoms with Gasteiger partial charge < -0.3 is 9.64 Å². The molecule has 2 saturated heterocycles. The van der Waals surface area contributed by atoms with Gasteiger partial charge in [0.2, 0.25) is 0 Å². The van der Waals surface area contributed by atoms with Gasteiger partial charge in [0.1, 0.15) is 11.3 Å². The molecule has 2 bridgehead atoms. The van der Waals surface area contributed by atoms with E-state index >= 15 is 0 Å². The summed E-state index contributed by atoms with van der Waals surface area (Å²) in [6, 6.07) is 4.29. The molecular formula is C21H20N6O2. The number of rotatable bonds is 2. The average molecular weight is 388 g/mol. The summed E-state index contributed by atoms with van der Waals surface area (Å²) < 4.78 is 9.33. The van der Waals surface area contributed by atoms with E-state index < -0.39 is 0 Å². The van der Waals surface area contributed by atoms with Gasteiger partial charge in [-0.3, -0.25) is 18.9 Å². The van der Waals surface area contributed by atoms with Crippen molar-refractivity contribution in [2.75, 3.05) is 13.2 Å². The highest BCUT2D eigenvalue weighted by molar-refractivity contribution is 5.96. The van der Waals surface area contributed by atoms with Gasteiger partial charge in [0.05, 0.1) is 49.4 Å². The van der Waals surface area contributed by atoms with E-state index in [1.807, 2.05) is 58.0 Å². The Morgan fingerprint density at radius 1 is 1.10 bits per heavy atom. The fraction of sp³-hybridized carbons (Fsp3) is 0.333. The summed E-state index contributed by atoms with van der Waals surface area (Å²) in [6.45, 7) is 1.25. The molecule has 2 aliphatic rings. The highest BCUT2D eigenvalue weighted by Crippen LogP contribution is 2.31. The summed E-state index contributed by atoms with van der Waals surface area (Å²) in [5, 5.41) is 5.38. The second-order valence-electron chi connectivity index (χ2n) is 7.81.